The lowest BCUT2D eigenvalue weighted by Crippen LogP contribution is -2.01. The molecule has 0 spiro atoms. The van der Waals surface area contributed by atoms with E-state index >= 15 is 0 Å². The molecule has 1 aromatic rings. The molecule has 3 heteroatoms. The van der Waals surface area contributed by atoms with Gasteiger partial charge in [-0.05, 0) is 24.5 Å². The molecule has 0 saturated carbocycles. The van der Waals surface area contributed by atoms with Crippen LogP contribution in [0.15, 0.2) is 18.3 Å². The van der Waals surface area contributed by atoms with Crippen LogP contribution in [0.2, 0.25) is 0 Å². The van der Waals surface area contributed by atoms with Crippen molar-refractivity contribution in [2.24, 2.45) is 5.92 Å². The van der Waals surface area contributed by atoms with Crippen molar-refractivity contribution in [3.05, 3.63) is 24.0 Å². The van der Waals surface area contributed by atoms with Gasteiger partial charge in [0.25, 0.3) is 0 Å². The van der Waals surface area contributed by atoms with E-state index in [9.17, 15) is 0 Å². The maximum atomic E-state index is 5.62. The van der Waals surface area contributed by atoms with E-state index in [4.69, 9.17) is 10.5 Å². The summed E-state index contributed by atoms with van der Waals surface area (Å²) in [6, 6.07) is 3.62. The van der Waals surface area contributed by atoms with Crippen LogP contribution in [0.1, 0.15) is 26.0 Å². The van der Waals surface area contributed by atoms with Gasteiger partial charge in [0, 0.05) is 18.5 Å². The largest absolute Gasteiger partial charge is 0.399 e. The van der Waals surface area contributed by atoms with E-state index in [-0.39, 0.29) is 0 Å². The lowest BCUT2D eigenvalue weighted by atomic mass is 10.1. The van der Waals surface area contributed by atoms with Crippen molar-refractivity contribution in [2.75, 3.05) is 12.3 Å². The second kappa shape index (κ2) is 5.60. The van der Waals surface area contributed by atoms with E-state index in [0.29, 0.717) is 12.5 Å². The Hall–Kier alpha value is -1.09. The molecule has 0 unspecified atom stereocenters. The van der Waals surface area contributed by atoms with Crippen LogP contribution in [0.3, 0.4) is 0 Å². The van der Waals surface area contributed by atoms with Crippen molar-refractivity contribution in [3.8, 4) is 0 Å². The average Bonchev–Trinajstić information content (AvgIpc) is 2.12. The third kappa shape index (κ3) is 4.23. The van der Waals surface area contributed by atoms with Crippen molar-refractivity contribution < 1.29 is 4.74 Å². The van der Waals surface area contributed by atoms with Crippen molar-refractivity contribution >= 4 is 5.69 Å². The molecule has 0 aromatic carbocycles. The second-order valence-corrected chi connectivity index (χ2v) is 3.82. The first-order valence-corrected chi connectivity index (χ1v) is 4.96. The first kappa shape index (κ1) is 11.0. The SMILES string of the molecule is CC(C)CCOCc1cc(N)ccn1. The molecule has 0 atom stereocenters. The topological polar surface area (TPSA) is 48.1 Å². The van der Waals surface area contributed by atoms with E-state index < -0.39 is 0 Å². The number of aromatic nitrogens is 1. The molecule has 0 aliphatic carbocycles. The maximum absolute atomic E-state index is 5.62. The molecule has 2 N–H and O–H groups in total. The monoisotopic (exact) mass is 194 g/mol. The number of hydrogen-bond donors (Lipinski definition) is 1. The lowest BCUT2D eigenvalue weighted by Gasteiger charge is -2.06. The highest BCUT2D eigenvalue weighted by atomic mass is 16.5. The standard InChI is InChI=1S/C11H18N2O/c1-9(2)4-6-14-8-11-7-10(12)3-5-13-11/h3,5,7,9H,4,6,8H2,1-2H3,(H2,12,13). The zero-order valence-electron chi connectivity index (χ0n) is 8.86. The average molecular weight is 194 g/mol. The number of ether oxygens (including phenoxy) is 1. The Morgan fingerprint density at radius 2 is 2.29 bits per heavy atom. The number of hydrogen-bond acceptors (Lipinski definition) is 3. The molecular weight excluding hydrogens is 176 g/mol. The molecule has 0 aliphatic heterocycles. The zero-order valence-corrected chi connectivity index (χ0v) is 8.86. The van der Waals surface area contributed by atoms with Gasteiger partial charge in [0.15, 0.2) is 0 Å². The summed E-state index contributed by atoms with van der Waals surface area (Å²) in [4.78, 5) is 4.15. The highest BCUT2D eigenvalue weighted by Gasteiger charge is 1.97. The smallest absolute Gasteiger partial charge is 0.0888 e. The summed E-state index contributed by atoms with van der Waals surface area (Å²) < 4.78 is 5.47. The highest BCUT2D eigenvalue weighted by molar-refractivity contribution is 5.36. The van der Waals surface area contributed by atoms with E-state index in [0.717, 1.165) is 24.4 Å². The van der Waals surface area contributed by atoms with Crippen LogP contribution in [0, 0.1) is 5.92 Å². The van der Waals surface area contributed by atoms with Gasteiger partial charge in [-0.15, -0.1) is 0 Å². The first-order chi connectivity index (χ1) is 6.68. The van der Waals surface area contributed by atoms with Crippen LogP contribution < -0.4 is 5.73 Å². The summed E-state index contributed by atoms with van der Waals surface area (Å²) in [6.07, 6.45) is 2.79. The van der Waals surface area contributed by atoms with Crippen LogP contribution in [0.4, 0.5) is 5.69 Å². The molecular formula is C11H18N2O. The summed E-state index contributed by atoms with van der Waals surface area (Å²) >= 11 is 0. The predicted octanol–water partition coefficient (Wildman–Crippen LogP) is 2.23. The van der Waals surface area contributed by atoms with E-state index in [1.807, 2.05) is 6.07 Å². The Morgan fingerprint density at radius 1 is 1.50 bits per heavy atom. The van der Waals surface area contributed by atoms with Crippen molar-refractivity contribution in [2.45, 2.75) is 26.9 Å². The highest BCUT2D eigenvalue weighted by Crippen LogP contribution is 2.05. The third-order valence-electron chi connectivity index (χ3n) is 1.93. The maximum Gasteiger partial charge on any atom is 0.0888 e. The van der Waals surface area contributed by atoms with Gasteiger partial charge >= 0.3 is 0 Å². The fourth-order valence-electron chi connectivity index (χ4n) is 1.07. The van der Waals surface area contributed by atoms with Gasteiger partial charge in [0.1, 0.15) is 0 Å². The molecule has 0 bridgehead atoms. The Morgan fingerprint density at radius 3 is 2.93 bits per heavy atom. The van der Waals surface area contributed by atoms with E-state index in [1.54, 1.807) is 12.3 Å². The molecule has 3 nitrogen and oxygen atoms in total. The molecule has 1 aromatic heterocycles. The molecule has 0 aliphatic rings. The summed E-state index contributed by atoms with van der Waals surface area (Å²) in [6.45, 7) is 5.70. The van der Waals surface area contributed by atoms with Crippen molar-refractivity contribution in [1.82, 2.24) is 4.98 Å². The fraction of sp³-hybridized carbons (Fsp3) is 0.545. The molecule has 0 amide bonds. The number of nitrogen functional groups attached to an aromatic ring is 1. The summed E-state index contributed by atoms with van der Waals surface area (Å²) in [5.74, 6) is 0.684. The minimum absolute atomic E-state index is 0.553. The molecule has 0 radical (unpaired) electrons. The molecule has 0 saturated heterocycles. The van der Waals surface area contributed by atoms with Gasteiger partial charge in [-0.3, -0.25) is 4.98 Å². The van der Waals surface area contributed by atoms with Crippen molar-refractivity contribution in [3.63, 3.8) is 0 Å². The predicted molar refractivity (Wildman–Crippen MR) is 57.8 cm³/mol. The van der Waals surface area contributed by atoms with E-state index in [2.05, 4.69) is 18.8 Å². The molecule has 14 heavy (non-hydrogen) atoms. The minimum atomic E-state index is 0.553. The Bertz CT molecular complexity index is 274. The fourth-order valence-corrected chi connectivity index (χ4v) is 1.07. The number of rotatable bonds is 5. The van der Waals surface area contributed by atoms with E-state index in [1.165, 1.54) is 0 Å². The van der Waals surface area contributed by atoms with Crippen LogP contribution >= 0.6 is 0 Å². The normalized spacial score (nSPS) is 10.8. The summed E-state index contributed by atoms with van der Waals surface area (Å²) in [5, 5.41) is 0. The first-order valence-electron chi connectivity index (χ1n) is 4.96. The van der Waals surface area contributed by atoms with Gasteiger partial charge < -0.3 is 10.5 Å². The van der Waals surface area contributed by atoms with Gasteiger partial charge in [0.05, 0.1) is 12.3 Å². The summed E-state index contributed by atoms with van der Waals surface area (Å²) in [7, 11) is 0. The van der Waals surface area contributed by atoms with Gasteiger partial charge in [-0.2, -0.15) is 0 Å². The number of nitrogens with two attached hydrogens (primary N) is 1. The molecule has 1 heterocycles. The van der Waals surface area contributed by atoms with Crippen LogP contribution in [0.5, 0.6) is 0 Å². The number of pyridine rings is 1. The second-order valence-electron chi connectivity index (χ2n) is 3.82. The lowest BCUT2D eigenvalue weighted by molar-refractivity contribution is 0.108. The summed E-state index contributed by atoms with van der Waals surface area (Å²) in [5.41, 5.74) is 7.25. The number of nitrogens with zero attached hydrogens (tertiary/aromatic N) is 1. The minimum Gasteiger partial charge on any atom is -0.399 e. The Labute approximate surface area is 85.3 Å². The van der Waals surface area contributed by atoms with Crippen molar-refractivity contribution in [1.29, 1.82) is 0 Å². The third-order valence-corrected chi connectivity index (χ3v) is 1.93. The molecule has 78 valence electrons. The van der Waals surface area contributed by atoms with Gasteiger partial charge in [0.2, 0.25) is 0 Å². The van der Waals surface area contributed by atoms with Gasteiger partial charge in [-0.25, -0.2) is 0 Å². The van der Waals surface area contributed by atoms with Crippen LogP contribution in [-0.4, -0.2) is 11.6 Å². The Balaban J connectivity index is 2.25. The molecule has 1 rings (SSSR count). The Kier molecular flexibility index (Phi) is 4.40. The number of anilines is 1. The van der Waals surface area contributed by atoms with Crippen LogP contribution in [0.25, 0.3) is 0 Å². The van der Waals surface area contributed by atoms with Crippen LogP contribution in [-0.2, 0) is 11.3 Å². The van der Waals surface area contributed by atoms with Gasteiger partial charge in [-0.1, -0.05) is 13.8 Å². The quantitative estimate of drug-likeness (QED) is 0.731. The molecule has 0 fully saturated rings. The zero-order chi connectivity index (χ0) is 10.4.